The Hall–Kier alpha value is -3.03. The van der Waals surface area contributed by atoms with Gasteiger partial charge in [-0.3, -0.25) is 4.79 Å². The highest BCUT2D eigenvalue weighted by Gasteiger charge is 2.24. The summed E-state index contributed by atoms with van der Waals surface area (Å²) in [5, 5.41) is 3.39. The van der Waals surface area contributed by atoms with Gasteiger partial charge in [-0.15, -0.1) is 0 Å². The van der Waals surface area contributed by atoms with E-state index in [1.807, 2.05) is 56.3 Å². The van der Waals surface area contributed by atoms with Crippen LogP contribution in [0, 0.1) is 13.8 Å². The monoisotopic (exact) mass is 536 g/mol. The van der Waals surface area contributed by atoms with Crippen molar-refractivity contribution in [1.82, 2.24) is 5.32 Å². The van der Waals surface area contributed by atoms with Gasteiger partial charge in [-0.05, 0) is 74.0 Å². The highest BCUT2D eigenvalue weighted by atomic mass is 79.9. The van der Waals surface area contributed by atoms with Crippen molar-refractivity contribution in [2.24, 2.45) is 4.99 Å². The van der Waals surface area contributed by atoms with Crippen LogP contribution in [0.2, 0.25) is 0 Å². The number of benzene rings is 3. The standard InChI is InChI=1S/C27H25BrN2O3S/c1-4-32-23-13-20(22(28)15-24(23)33-16-19-9-5-17(2)6-10-19)14-25-26(31)30-27(34-25)29-21-11-7-18(3)8-12-21/h5-15H,4,16H2,1-3H3,(H,29,30,31)/b25-14+. The molecule has 3 aromatic rings. The Morgan fingerprint density at radius 3 is 2.29 bits per heavy atom. The second-order valence-corrected chi connectivity index (χ2v) is 9.73. The molecule has 5 nitrogen and oxygen atoms in total. The number of hydrogen-bond acceptors (Lipinski definition) is 5. The molecule has 3 aromatic carbocycles. The molecule has 1 aliphatic rings. The summed E-state index contributed by atoms with van der Waals surface area (Å²) in [5.74, 6) is 1.09. The third kappa shape index (κ3) is 6.10. The van der Waals surface area contributed by atoms with Gasteiger partial charge in [0.15, 0.2) is 16.7 Å². The molecule has 1 amide bonds. The molecular formula is C27H25BrN2O3S. The molecule has 0 aromatic heterocycles. The Kier molecular flexibility index (Phi) is 7.75. The van der Waals surface area contributed by atoms with Crippen molar-refractivity contribution < 1.29 is 14.3 Å². The van der Waals surface area contributed by atoms with Crippen molar-refractivity contribution in [1.29, 1.82) is 0 Å². The molecule has 0 saturated carbocycles. The molecule has 0 unspecified atom stereocenters. The number of rotatable bonds is 7. The second kappa shape index (κ2) is 10.9. The molecule has 1 heterocycles. The number of halogens is 1. The van der Waals surface area contributed by atoms with Gasteiger partial charge in [-0.25, -0.2) is 4.99 Å². The SMILES string of the molecule is CCOc1cc(/C=C2/SC(=Nc3ccc(C)cc3)NC2=O)c(Br)cc1OCc1ccc(C)cc1. The largest absolute Gasteiger partial charge is 0.490 e. The van der Waals surface area contributed by atoms with Crippen molar-refractivity contribution in [2.45, 2.75) is 27.4 Å². The van der Waals surface area contributed by atoms with Crippen LogP contribution < -0.4 is 14.8 Å². The van der Waals surface area contributed by atoms with Gasteiger partial charge in [-0.1, -0.05) is 63.5 Å². The number of carbonyl (C=O) groups is 1. The van der Waals surface area contributed by atoms with Crippen LogP contribution in [-0.2, 0) is 11.4 Å². The molecular weight excluding hydrogens is 512 g/mol. The van der Waals surface area contributed by atoms with Crippen LogP contribution in [0.1, 0.15) is 29.2 Å². The van der Waals surface area contributed by atoms with E-state index in [-0.39, 0.29) is 5.91 Å². The Bertz CT molecular complexity index is 1250. The molecule has 1 fully saturated rings. The van der Waals surface area contributed by atoms with Gasteiger partial charge < -0.3 is 14.8 Å². The highest BCUT2D eigenvalue weighted by molar-refractivity contribution is 9.10. The van der Waals surface area contributed by atoms with E-state index < -0.39 is 0 Å². The third-order valence-electron chi connectivity index (χ3n) is 5.08. The van der Waals surface area contributed by atoms with Gasteiger partial charge in [0, 0.05) is 4.47 Å². The summed E-state index contributed by atoms with van der Waals surface area (Å²) in [5.41, 5.74) is 5.06. The number of amides is 1. The van der Waals surface area contributed by atoms with Crippen molar-refractivity contribution >= 4 is 50.5 Å². The number of carbonyl (C=O) groups excluding carboxylic acids is 1. The first kappa shape index (κ1) is 24.1. The van der Waals surface area contributed by atoms with E-state index in [1.54, 1.807) is 0 Å². The smallest absolute Gasteiger partial charge is 0.264 e. The quantitative estimate of drug-likeness (QED) is 0.332. The molecule has 0 radical (unpaired) electrons. The van der Waals surface area contributed by atoms with Gasteiger partial charge in [0.25, 0.3) is 5.91 Å². The zero-order chi connectivity index (χ0) is 24.1. The number of amidine groups is 1. The predicted octanol–water partition coefficient (Wildman–Crippen LogP) is 6.94. The lowest BCUT2D eigenvalue weighted by Gasteiger charge is -2.14. The van der Waals surface area contributed by atoms with Crippen molar-refractivity contribution in [3.05, 3.63) is 92.3 Å². The van der Waals surface area contributed by atoms with Gasteiger partial charge in [0.05, 0.1) is 17.2 Å². The van der Waals surface area contributed by atoms with Crippen molar-refractivity contribution in [2.75, 3.05) is 6.61 Å². The first-order valence-corrected chi connectivity index (χ1v) is 12.5. The fraction of sp³-hybridized carbons (Fsp3) is 0.185. The minimum absolute atomic E-state index is 0.180. The van der Waals surface area contributed by atoms with Gasteiger partial charge in [0.2, 0.25) is 0 Å². The maximum Gasteiger partial charge on any atom is 0.264 e. The average Bonchev–Trinajstić information content (AvgIpc) is 3.16. The van der Waals surface area contributed by atoms with E-state index in [1.165, 1.54) is 17.3 Å². The van der Waals surface area contributed by atoms with E-state index >= 15 is 0 Å². The molecule has 0 bridgehead atoms. The third-order valence-corrected chi connectivity index (χ3v) is 6.68. The topological polar surface area (TPSA) is 59.9 Å². The average molecular weight is 537 g/mol. The van der Waals surface area contributed by atoms with Crippen LogP contribution in [-0.4, -0.2) is 17.7 Å². The molecule has 1 aliphatic heterocycles. The fourth-order valence-electron chi connectivity index (χ4n) is 3.25. The molecule has 34 heavy (non-hydrogen) atoms. The van der Waals surface area contributed by atoms with Crippen LogP contribution in [0.4, 0.5) is 5.69 Å². The minimum Gasteiger partial charge on any atom is -0.490 e. The number of ether oxygens (including phenoxy) is 2. The molecule has 174 valence electrons. The first-order chi connectivity index (χ1) is 16.4. The van der Waals surface area contributed by atoms with Crippen molar-refractivity contribution in [3.8, 4) is 11.5 Å². The Morgan fingerprint density at radius 1 is 0.971 bits per heavy atom. The van der Waals surface area contributed by atoms with E-state index in [0.717, 1.165) is 26.9 Å². The summed E-state index contributed by atoms with van der Waals surface area (Å²) in [6.45, 7) is 6.95. The van der Waals surface area contributed by atoms with Crippen LogP contribution >= 0.6 is 27.7 Å². The van der Waals surface area contributed by atoms with E-state index in [2.05, 4.69) is 57.4 Å². The Morgan fingerprint density at radius 2 is 1.62 bits per heavy atom. The number of nitrogens with one attached hydrogen (secondary N) is 1. The summed E-state index contributed by atoms with van der Waals surface area (Å²) >= 11 is 4.93. The molecule has 0 atom stereocenters. The van der Waals surface area contributed by atoms with E-state index in [9.17, 15) is 4.79 Å². The molecule has 1 saturated heterocycles. The number of aliphatic imine (C=N–C) groups is 1. The lowest BCUT2D eigenvalue weighted by Crippen LogP contribution is -2.19. The minimum atomic E-state index is -0.180. The molecule has 1 N–H and O–H groups in total. The molecule has 0 aliphatic carbocycles. The zero-order valence-corrected chi connectivity index (χ0v) is 21.6. The second-order valence-electron chi connectivity index (χ2n) is 7.85. The lowest BCUT2D eigenvalue weighted by atomic mass is 10.1. The molecule has 7 heteroatoms. The summed E-state index contributed by atoms with van der Waals surface area (Å²) in [7, 11) is 0. The van der Waals surface area contributed by atoms with Crippen molar-refractivity contribution in [3.63, 3.8) is 0 Å². The normalized spacial score (nSPS) is 15.6. The summed E-state index contributed by atoms with van der Waals surface area (Å²) < 4.78 is 12.7. The lowest BCUT2D eigenvalue weighted by molar-refractivity contribution is -0.115. The van der Waals surface area contributed by atoms with Crippen LogP contribution in [0.25, 0.3) is 6.08 Å². The zero-order valence-electron chi connectivity index (χ0n) is 19.2. The highest BCUT2D eigenvalue weighted by Crippen LogP contribution is 2.37. The van der Waals surface area contributed by atoms with E-state index in [0.29, 0.717) is 34.8 Å². The Labute approximate surface area is 212 Å². The summed E-state index contributed by atoms with van der Waals surface area (Å²) in [6.07, 6.45) is 1.83. The maximum atomic E-state index is 12.6. The van der Waals surface area contributed by atoms with Crippen LogP contribution in [0.15, 0.2) is 75.0 Å². The van der Waals surface area contributed by atoms with Gasteiger partial charge in [0.1, 0.15) is 6.61 Å². The predicted molar refractivity (Wildman–Crippen MR) is 143 cm³/mol. The van der Waals surface area contributed by atoms with Gasteiger partial charge in [-0.2, -0.15) is 0 Å². The summed E-state index contributed by atoms with van der Waals surface area (Å²) in [4.78, 5) is 17.6. The fourth-order valence-corrected chi connectivity index (χ4v) is 4.52. The first-order valence-electron chi connectivity index (χ1n) is 10.9. The number of nitrogens with zero attached hydrogens (tertiary/aromatic N) is 1. The number of aryl methyl sites for hydroxylation is 2. The number of thioether (sulfide) groups is 1. The van der Waals surface area contributed by atoms with Gasteiger partial charge >= 0.3 is 0 Å². The van der Waals surface area contributed by atoms with Crippen LogP contribution in [0.5, 0.6) is 11.5 Å². The molecule has 0 spiro atoms. The number of hydrogen-bond donors (Lipinski definition) is 1. The Balaban J connectivity index is 1.55. The molecule has 4 rings (SSSR count). The van der Waals surface area contributed by atoms with E-state index in [4.69, 9.17) is 9.47 Å². The maximum absolute atomic E-state index is 12.6. The summed E-state index contributed by atoms with van der Waals surface area (Å²) in [6, 6.07) is 19.8. The van der Waals surface area contributed by atoms with Crippen LogP contribution in [0.3, 0.4) is 0 Å².